The van der Waals surface area contributed by atoms with E-state index in [1.165, 1.54) is 42.5 Å². The van der Waals surface area contributed by atoms with Gasteiger partial charge in [0.2, 0.25) is 11.8 Å². The van der Waals surface area contributed by atoms with E-state index in [1.54, 1.807) is 42.5 Å². The highest BCUT2D eigenvalue weighted by molar-refractivity contribution is 7.92. The number of anilines is 1. The fraction of sp³-hybridized carbons (Fsp3) is 0.257. The van der Waals surface area contributed by atoms with E-state index < -0.39 is 69.2 Å². The highest BCUT2D eigenvalue weighted by Gasteiger charge is 2.37. The van der Waals surface area contributed by atoms with Crippen molar-refractivity contribution in [3.63, 3.8) is 0 Å². The molecule has 48 heavy (non-hydrogen) atoms. The summed E-state index contributed by atoms with van der Waals surface area (Å²) in [6.45, 7) is 0.780. The molecule has 4 rings (SSSR count). The van der Waals surface area contributed by atoms with Crippen LogP contribution in [0.5, 0.6) is 0 Å². The smallest absolute Gasteiger partial charge is 0.354 e. The molecule has 0 aliphatic heterocycles. The summed E-state index contributed by atoms with van der Waals surface area (Å²) >= 11 is 5.84. The SMILES string of the molecule is CCCCNC(=O)[C@H](Cc1ccccc1)N(Cc1ccccc1F)C(=O)CN(c1ccc(Cl)c(C(F)(F)F)c1)S(=O)(=O)c1ccccc1. The van der Waals surface area contributed by atoms with Gasteiger partial charge >= 0.3 is 6.18 Å². The lowest BCUT2D eigenvalue weighted by molar-refractivity contribution is -0.140. The van der Waals surface area contributed by atoms with Crippen molar-refractivity contribution in [2.24, 2.45) is 0 Å². The number of rotatable bonds is 14. The Morgan fingerprint density at radius 3 is 2.15 bits per heavy atom. The monoisotopic (exact) mass is 703 g/mol. The number of nitrogens with one attached hydrogen (secondary N) is 1. The molecule has 1 atom stereocenters. The maximum atomic E-state index is 15.0. The largest absolute Gasteiger partial charge is 0.417 e. The normalized spacial score (nSPS) is 12.3. The van der Waals surface area contributed by atoms with Crippen molar-refractivity contribution in [3.8, 4) is 0 Å². The van der Waals surface area contributed by atoms with E-state index in [4.69, 9.17) is 11.6 Å². The molecule has 0 aliphatic rings. The molecular formula is C35H34ClF4N3O4S. The second-order valence-corrected chi connectivity index (χ2v) is 13.2. The van der Waals surface area contributed by atoms with Crippen LogP contribution in [0, 0.1) is 5.82 Å². The van der Waals surface area contributed by atoms with Gasteiger partial charge in [0.25, 0.3) is 10.0 Å². The summed E-state index contributed by atoms with van der Waals surface area (Å²) in [7, 11) is -4.66. The van der Waals surface area contributed by atoms with Gasteiger partial charge < -0.3 is 10.2 Å². The molecule has 7 nitrogen and oxygen atoms in total. The third kappa shape index (κ3) is 9.13. The van der Waals surface area contributed by atoms with Crippen LogP contribution in [0.3, 0.4) is 0 Å². The zero-order valence-corrected chi connectivity index (χ0v) is 27.5. The van der Waals surface area contributed by atoms with E-state index in [1.807, 2.05) is 6.92 Å². The summed E-state index contributed by atoms with van der Waals surface area (Å²) in [5.41, 5.74) is -1.07. The first-order valence-electron chi connectivity index (χ1n) is 15.1. The van der Waals surface area contributed by atoms with Crippen LogP contribution in [-0.2, 0) is 38.8 Å². The van der Waals surface area contributed by atoms with Crippen LogP contribution in [0.1, 0.15) is 36.5 Å². The first-order valence-corrected chi connectivity index (χ1v) is 16.9. The van der Waals surface area contributed by atoms with Gasteiger partial charge in [-0.25, -0.2) is 12.8 Å². The highest BCUT2D eigenvalue weighted by Crippen LogP contribution is 2.38. The molecule has 1 N–H and O–H groups in total. The lowest BCUT2D eigenvalue weighted by atomic mass is 10.0. The van der Waals surface area contributed by atoms with Crippen molar-refractivity contribution in [2.45, 2.75) is 49.8 Å². The number of halogens is 5. The predicted molar refractivity (Wildman–Crippen MR) is 176 cm³/mol. The maximum Gasteiger partial charge on any atom is 0.417 e. The molecule has 0 heterocycles. The summed E-state index contributed by atoms with van der Waals surface area (Å²) in [5.74, 6) is -2.17. The van der Waals surface area contributed by atoms with Crippen LogP contribution in [0.15, 0.2) is 108 Å². The van der Waals surface area contributed by atoms with E-state index >= 15 is 4.39 Å². The zero-order chi connectivity index (χ0) is 34.9. The second kappa shape index (κ2) is 16.1. The number of hydrogen-bond acceptors (Lipinski definition) is 4. The van der Waals surface area contributed by atoms with E-state index in [-0.39, 0.29) is 16.9 Å². The number of hydrogen-bond donors (Lipinski definition) is 1. The van der Waals surface area contributed by atoms with E-state index in [0.717, 1.165) is 23.5 Å². The van der Waals surface area contributed by atoms with Gasteiger partial charge in [0.05, 0.1) is 21.2 Å². The highest BCUT2D eigenvalue weighted by atomic mass is 35.5. The van der Waals surface area contributed by atoms with Crippen LogP contribution < -0.4 is 9.62 Å². The minimum atomic E-state index is -4.94. The van der Waals surface area contributed by atoms with Gasteiger partial charge in [-0.2, -0.15) is 13.2 Å². The third-order valence-corrected chi connectivity index (χ3v) is 9.67. The Balaban J connectivity index is 1.85. The van der Waals surface area contributed by atoms with Gasteiger partial charge in [-0.3, -0.25) is 13.9 Å². The number of carbonyl (C=O) groups excluding carboxylic acids is 2. The van der Waals surface area contributed by atoms with E-state index in [0.29, 0.717) is 28.9 Å². The minimum Gasteiger partial charge on any atom is -0.354 e. The summed E-state index contributed by atoms with van der Waals surface area (Å²) in [6, 6.07) is 22.5. The second-order valence-electron chi connectivity index (χ2n) is 10.9. The number of amides is 2. The Morgan fingerprint density at radius 2 is 1.52 bits per heavy atom. The van der Waals surface area contributed by atoms with Crippen molar-refractivity contribution in [1.29, 1.82) is 0 Å². The molecule has 0 radical (unpaired) electrons. The van der Waals surface area contributed by atoms with Crippen molar-refractivity contribution in [2.75, 3.05) is 17.4 Å². The summed E-state index contributed by atoms with van der Waals surface area (Å²) < 4.78 is 85.3. The predicted octanol–water partition coefficient (Wildman–Crippen LogP) is 7.25. The Labute approximate surface area is 282 Å². The molecule has 2 amide bonds. The molecular weight excluding hydrogens is 670 g/mol. The van der Waals surface area contributed by atoms with Gasteiger partial charge in [-0.1, -0.05) is 91.7 Å². The van der Waals surface area contributed by atoms with Gasteiger partial charge in [-0.05, 0) is 48.4 Å². The van der Waals surface area contributed by atoms with Crippen LogP contribution in [-0.4, -0.2) is 44.3 Å². The number of carbonyl (C=O) groups is 2. The molecule has 0 spiro atoms. The van der Waals surface area contributed by atoms with E-state index in [9.17, 15) is 31.2 Å². The summed E-state index contributed by atoms with van der Waals surface area (Å²) in [5, 5.41) is 2.15. The fourth-order valence-corrected chi connectivity index (χ4v) is 6.66. The van der Waals surface area contributed by atoms with Crippen LogP contribution in [0.4, 0.5) is 23.2 Å². The first-order chi connectivity index (χ1) is 22.8. The molecule has 4 aromatic rings. The zero-order valence-electron chi connectivity index (χ0n) is 26.0. The fourth-order valence-electron chi connectivity index (χ4n) is 5.00. The standard InChI is InChI=1S/C35H34ClF4N3O4S/c1-2-3-20-41-34(45)32(21-25-12-6-4-7-13-25)42(23-26-14-10-11-17-31(26)37)33(44)24-43(48(46,47)28-15-8-5-9-16-28)27-18-19-30(36)29(22-27)35(38,39)40/h4-19,22,32H,2-3,20-21,23-24H2,1H3,(H,41,45)/t32-/m0/s1. The summed E-state index contributed by atoms with van der Waals surface area (Å²) in [4.78, 5) is 28.9. The Morgan fingerprint density at radius 1 is 0.896 bits per heavy atom. The van der Waals surface area contributed by atoms with Crippen molar-refractivity contribution >= 4 is 39.1 Å². The molecule has 4 aromatic carbocycles. The van der Waals surface area contributed by atoms with Crippen LogP contribution in [0.2, 0.25) is 5.02 Å². The van der Waals surface area contributed by atoms with E-state index in [2.05, 4.69) is 5.32 Å². The molecule has 0 saturated carbocycles. The third-order valence-electron chi connectivity index (χ3n) is 7.55. The van der Waals surface area contributed by atoms with Crippen molar-refractivity contribution in [3.05, 3.63) is 131 Å². The van der Waals surface area contributed by atoms with Gasteiger partial charge in [0, 0.05) is 25.1 Å². The molecule has 0 aromatic heterocycles. The number of unbranched alkanes of at least 4 members (excludes halogenated alkanes) is 1. The van der Waals surface area contributed by atoms with Crippen LogP contribution in [0.25, 0.3) is 0 Å². The molecule has 0 saturated heterocycles. The summed E-state index contributed by atoms with van der Waals surface area (Å²) in [6.07, 6.45) is -3.53. The average Bonchev–Trinajstić information content (AvgIpc) is 3.06. The quantitative estimate of drug-likeness (QED) is 0.111. The van der Waals surface area contributed by atoms with Crippen LogP contribution >= 0.6 is 11.6 Å². The molecule has 0 aliphatic carbocycles. The van der Waals surface area contributed by atoms with Gasteiger partial charge in [-0.15, -0.1) is 0 Å². The van der Waals surface area contributed by atoms with Crippen molar-refractivity contribution in [1.82, 2.24) is 10.2 Å². The topological polar surface area (TPSA) is 86.8 Å². The lowest BCUT2D eigenvalue weighted by Crippen LogP contribution is -2.53. The molecule has 0 fully saturated rings. The Kier molecular flexibility index (Phi) is 12.2. The van der Waals surface area contributed by atoms with Gasteiger partial charge in [0.1, 0.15) is 18.4 Å². The molecule has 0 unspecified atom stereocenters. The first kappa shape index (κ1) is 36.4. The van der Waals surface area contributed by atoms with Gasteiger partial charge in [0.15, 0.2) is 0 Å². The number of alkyl halides is 3. The number of benzene rings is 4. The Bertz CT molecular complexity index is 1810. The lowest BCUT2D eigenvalue weighted by Gasteiger charge is -2.34. The molecule has 0 bridgehead atoms. The van der Waals surface area contributed by atoms with Crippen molar-refractivity contribution < 1.29 is 35.6 Å². The molecule has 254 valence electrons. The number of sulfonamides is 1. The average molecular weight is 704 g/mol. The maximum absolute atomic E-state index is 15.0. The molecule has 13 heteroatoms. The Hall–Kier alpha value is -4.42. The number of nitrogens with zero attached hydrogens (tertiary/aromatic N) is 2. The minimum absolute atomic E-state index is 0.0103.